The summed E-state index contributed by atoms with van der Waals surface area (Å²) in [6.07, 6.45) is 2.00. The molecule has 0 aromatic heterocycles. The molecule has 0 saturated heterocycles. The van der Waals surface area contributed by atoms with E-state index >= 15 is 0 Å². The minimum absolute atomic E-state index is 0.542. The zero-order valence-electron chi connectivity index (χ0n) is 5.05. The van der Waals surface area contributed by atoms with Crippen LogP contribution >= 0.6 is 0 Å². The van der Waals surface area contributed by atoms with Crippen molar-refractivity contribution in [2.45, 2.75) is 6.55 Å². The van der Waals surface area contributed by atoms with Gasteiger partial charge < -0.3 is 4.43 Å². The predicted octanol–water partition coefficient (Wildman–Crippen LogP) is -0.139. The average Bonchev–Trinajstić information content (AvgIpc) is 1.83. The van der Waals surface area contributed by atoms with Gasteiger partial charge in [-0.05, 0) is 6.55 Å². The molecule has 0 fully saturated rings. The number of nitrogens with zero attached hydrogens (tertiary/aromatic N) is 1. The van der Waals surface area contributed by atoms with E-state index in [2.05, 4.69) is 4.99 Å². The third kappa shape index (κ3) is 3.74. The Morgan fingerprint density at radius 2 is 2.50 bits per heavy atom. The normalized spacial score (nSPS) is 12.2. The van der Waals surface area contributed by atoms with Crippen LogP contribution in [0.2, 0.25) is 6.55 Å². The first kappa shape index (κ1) is 7.56. The van der Waals surface area contributed by atoms with Crippen molar-refractivity contribution in [3.63, 3.8) is 0 Å². The first-order valence-corrected chi connectivity index (χ1v) is 4.82. The Kier molecular flexibility index (Phi) is 4.45. The molecule has 0 radical (unpaired) electrons. The molecule has 0 saturated carbocycles. The van der Waals surface area contributed by atoms with E-state index in [0.29, 0.717) is 6.17 Å². The van der Waals surface area contributed by atoms with Crippen LogP contribution in [0.3, 0.4) is 0 Å². The molecular formula is C4H9NO2Si. The van der Waals surface area contributed by atoms with Crippen molar-refractivity contribution in [2.75, 3.05) is 13.3 Å². The van der Waals surface area contributed by atoms with E-state index < -0.39 is 9.04 Å². The molecule has 1 atom stereocenters. The molecule has 0 bridgehead atoms. The van der Waals surface area contributed by atoms with Crippen molar-refractivity contribution >= 4 is 15.1 Å². The average molecular weight is 131 g/mol. The first-order valence-electron chi connectivity index (χ1n) is 2.37. The molecule has 46 valence electrons. The highest BCUT2D eigenvalue weighted by Gasteiger charge is 1.97. The van der Waals surface area contributed by atoms with Crippen LogP contribution in [0.5, 0.6) is 0 Å². The molecule has 0 aromatic carbocycles. The van der Waals surface area contributed by atoms with Crippen molar-refractivity contribution in [3.05, 3.63) is 0 Å². The second kappa shape index (κ2) is 4.71. The number of aliphatic imine (C=N–C) groups is 1. The van der Waals surface area contributed by atoms with Crippen molar-refractivity contribution in [1.29, 1.82) is 0 Å². The monoisotopic (exact) mass is 131 g/mol. The lowest BCUT2D eigenvalue weighted by molar-refractivity contribution is 0.425. The predicted molar refractivity (Wildman–Crippen MR) is 33.0 cm³/mol. The summed E-state index contributed by atoms with van der Waals surface area (Å²) in [4.78, 5) is 12.9. The lowest BCUT2D eigenvalue weighted by Crippen LogP contribution is -2.14. The highest BCUT2D eigenvalue weighted by molar-refractivity contribution is 6.50. The van der Waals surface area contributed by atoms with E-state index in [-0.39, 0.29) is 0 Å². The van der Waals surface area contributed by atoms with E-state index in [1.807, 2.05) is 6.55 Å². The molecule has 4 heteroatoms. The largest absolute Gasteiger partial charge is 0.422 e. The maximum absolute atomic E-state index is 9.50. The summed E-state index contributed by atoms with van der Waals surface area (Å²) in [7, 11) is 0.508. The molecule has 0 aliphatic carbocycles. The molecule has 0 aliphatic rings. The molecule has 0 spiro atoms. The summed E-state index contributed by atoms with van der Waals surface area (Å²) >= 11 is 0. The minimum Gasteiger partial charge on any atom is -0.422 e. The second-order valence-corrected chi connectivity index (χ2v) is 3.94. The fraction of sp³-hybridized carbons (Fsp3) is 0.750. The quantitative estimate of drug-likeness (QED) is 0.304. The zero-order chi connectivity index (χ0) is 6.41. The van der Waals surface area contributed by atoms with Crippen molar-refractivity contribution < 1.29 is 9.22 Å². The van der Waals surface area contributed by atoms with Crippen molar-refractivity contribution in [3.8, 4) is 0 Å². The van der Waals surface area contributed by atoms with Crippen molar-refractivity contribution in [2.24, 2.45) is 4.99 Å². The van der Waals surface area contributed by atoms with Gasteiger partial charge in [-0.1, -0.05) is 0 Å². The fourth-order valence-corrected chi connectivity index (χ4v) is 0.721. The third-order valence-electron chi connectivity index (χ3n) is 0.815. The SMILES string of the molecule is CO[SiH](C)CN=C=O. The van der Waals surface area contributed by atoms with Crippen LogP contribution in [0.1, 0.15) is 0 Å². The third-order valence-corrected chi connectivity index (χ3v) is 2.32. The van der Waals surface area contributed by atoms with Crippen LogP contribution in [-0.4, -0.2) is 28.4 Å². The van der Waals surface area contributed by atoms with E-state index in [4.69, 9.17) is 4.43 Å². The Morgan fingerprint density at radius 3 is 2.88 bits per heavy atom. The second-order valence-electron chi connectivity index (χ2n) is 1.48. The molecule has 0 aliphatic heterocycles. The van der Waals surface area contributed by atoms with Gasteiger partial charge in [0.1, 0.15) is 0 Å². The van der Waals surface area contributed by atoms with E-state index in [0.717, 1.165) is 0 Å². The molecule has 1 unspecified atom stereocenters. The molecule has 8 heavy (non-hydrogen) atoms. The van der Waals surface area contributed by atoms with E-state index in [9.17, 15) is 4.79 Å². The van der Waals surface area contributed by atoms with Crippen LogP contribution < -0.4 is 0 Å². The molecule has 0 N–H and O–H groups in total. The van der Waals surface area contributed by atoms with Crippen LogP contribution in [0, 0.1) is 0 Å². The van der Waals surface area contributed by atoms with Gasteiger partial charge in [0.05, 0.1) is 6.17 Å². The summed E-state index contributed by atoms with van der Waals surface area (Å²) in [5.41, 5.74) is 0. The van der Waals surface area contributed by atoms with Crippen LogP contribution in [0.25, 0.3) is 0 Å². The van der Waals surface area contributed by atoms with Gasteiger partial charge in [0, 0.05) is 7.11 Å². The molecule has 3 nitrogen and oxygen atoms in total. The number of hydrogen-bond donors (Lipinski definition) is 0. The Morgan fingerprint density at radius 1 is 1.88 bits per heavy atom. The maximum atomic E-state index is 9.50. The Hall–Kier alpha value is -0.443. The Labute approximate surface area is 50.1 Å². The summed E-state index contributed by atoms with van der Waals surface area (Å²) in [5.74, 6) is 0. The highest BCUT2D eigenvalue weighted by atomic mass is 28.3. The molecule has 0 aromatic rings. The van der Waals surface area contributed by atoms with E-state index in [1.165, 1.54) is 6.08 Å². The van der Waals surface area contributed by atoms with Gasteiger partial charge in [-0.25, -0.2) is 9.79 Å². The Balaban J connectivity index is 3.23. The molecule has 0 heterocycles. The summed E-state index contributed by atoms with van der Waals surface area (Å²) in [5, 5.41) is 0. The fourth-order valence-electron chi connectivity index (χ4n) is 0.240. The van der Waals surface area contributed by atoms with Gasteiger partial charge in [0.2, 0.25) is 6.08 Å². The zero-order valence-corrected chi connectivity index (χ0v) is 6.20. The van der Waals surface area contributed by atoms with Gasteiger partial charge >= 0.3 is 0 Å². The smallest absolute Gasteiger partial charge is 0.234 e. The summed E-state index contributed by atoms with van der Waals surface area (Å²) in [6.45, 7) is 1.97. The van der Waals surface area contributed by atoms with Crippen LogP contribution in [-0.2, 0) is 9.22 Å². The van der Waals surface area contributed by atoms with Crippen LogP contribution in [0.15, 0.2) is 4.99 Å². The summed E-state index contributed by atoms with van der Waals surface area (Å²) < 4.78 is 4.92. The lowest BCUT2D eigenvalue weighted by Gasteiger charge is -1.98. The maximum Gasteiger partial charge on any atom is 0.234 e. The van der Waals surface area contributed by atoms with Crippen molar-refractivity contribution in [1.82, 2.24) is 0 Å². The Bertz CT molecular complexity index is 100. The molecule has 0 amide bonds. The summed E-state index contributed by atoms with van der Waals surface area (Å²) in [6, 6.07) is 0. The topological polar surface area (TPSA) is 38.7 Å². The van der Waals surface area contributed by atoms with Gasteiger partial charge in [-0.3, -0.25) is 0 Å². The van der Waals surface area contributed by atoms with Crippen LogP contribution in [0.4, 0.5) is 0 Å². The standard InChI is InChI=1S/C4H9NO2Si/c1-7-8(2)4-5-3-6/h8H,4H2,1-2H3. The molecular weight excluding hydrogens is 122 g/mol. The van der Waals surface area contributed by atoms with Gasteiger partial charge in [0.25, 0.3) is 0 Å². The molecule has 0 rings (SSSR count). The number of hydrogen-bond acceptors (Lipinski definition) is 3. The van der Waals surface area contributed by atoms with E-state index in [1.54, 1.807) is 7.11 Å². The minimum atomic E-state index is -1.13. The number of rotatable bonds is 3. The lowest BCUT2D eigenvalue weighted by atomic mass is 11.4. The van der Waals surface area contributed by atoms with Gasteiger partial charge in [0.15, 0.2) is 9.04 Å². The first-order chi connectivity index (χ1) is 3.81. The number of isocyanates is 1. The number of carbonyl (C=O) groups excluding carboxylic acids is 1. The van der Waals surface area contributed by atoms with Gasteiger partial charge in [-0.15, -0.1) is 0 Å². The highest BCUT2D eigenvalue weighted by Crippen LogP contribution is 1.80. The van der Waals surface area contributed by atoms with Gasteiger partial charge in [-0.2, -0.15) is 0 Å².